The van der Waals surface area contributed by atoms with E-state index in [1.807, 2.05) is 33.8 Å². The smallest absolute Gasteiger partial charge is 0.416 e. The summed E-state index contributed by atoms with van der Waals surface area (Å²) in [5, 5.41) is 2.58. The van der Waals surface area contributed by atoms with Crippen molar-refractivity contribution in [3.63, 3.8) is 0 Å². The maximum absolute atomic E-state index is 13.7. The van der Waals surface area contributed by atoms with Crippen LogP contribution in [-0.2, 0) is 33.0 Å². The lowest BCUT2D eigenvalue weighted by Crippen LogP contribution is -2.50. The highest BCUT2D eigenvalue weighted by Gasteiger charge is 2.38. The van der Waals surface area contributed by atoms with Crippen molar-refractivity contribution >= 4 is 21.6 Å². The highest BCUT2D eigenvalue weighted by Crippen LogP contribution is 2.40. The number of aryl methyl sites for hydroxylation is 1. The van der Waals surface area contributed by atoms with E-state index in [2.05, 4.69) is 5.32 Å². The molecule has 10 heteroatoms. The van der Waals surface area contributed by atoms with Gasteiger partial charge in [0.1, 0.15) is 5.75 Å². The third kappa shape index (κ3) is 5.80. The zero-order valence-corrected chi connectivity index (χ0v) is 22.3. The molecule has 202 valence electrons. The molecule has 0 unspecified atom stereocenters. The second kappa shape index (κ2) is 9.98. The van der Waals surface area contributed by atoms with Gasteiger partial charge in [-0.05, 0) is 59.9 Å². The minimum Gasteiger partial charge on any atom is -0.476 e. The predicted octanol–water partition coefficient (Wildman–Crippen LogP) is 5.58. The van der Waals surface area contributed by atoms with Crippen LogP contribution < -0.4 is 14.4 Å². The van der Waals surface area contributed by atoms with Crippen molar-refractivity contribution < 1.29 is 31.1 Å². The van der Waals surface area contributed by atoms with Crippen molar-refractivity contribution in [2.45, 2.75) is 56.8 Å². The molecule has 1 atom stereocenters. The van der Waals surface area contributed by atoms with Crippen molar-refractivity contribution in [1.82, 2.24) is 5.32 Å². The van der Waals surface area contributed by atoms with E-state index in [0.29, 0.717) is 5.69 Å². The van der Waals surface area contributed by atoms with E-state index in [4.69, 9.17) is 4.74 Å². The van der Waals surface area contributed by atoms with Gasteiger partial charge in [-0.1, -0.05) is 56.7 Å². The van der Waals surface area contributed by atoms with Crippen LogP contribution >= 0.6 is 0 Å². The van der Waals surface area contributed by atoms with Crippen molar-refractivity contribution in [2.75, 3.05) is 10.8 Å². The number of amides is 1. The number of alkyl halides is 3. The van der Waals surface area contributed by atoms with Crippen LogP contribution in [0.5, 0.6) is 5.75 Å². The molecular weight excluding hydrogens is 517 g/mol. The number of halogens is 3. The number of anilines is 1. The van der Waals surface area contributed by atoms with Crippen molar-refractivity contribution in [1.29, 1.82) is 0 Å². The number of nitrogens with zero attached hydrogens (tertiary/aromatic N) is 1. The fourth-order valence-corrected chi connectivity index (χ4v) is 5.55. The van der Waals surface area contributed by atoms with Gasteiger partial charge in [-0.3, -0.25) is 9.10 Å². The Bertz CT molecular complexity index is 1450. The summed E-state index contributed by atoms with van der Waals surface area (Å²) in [6, 6.07) is 16.3. The maximum Gasteiger partial charge on any atom is 0.416 e. The van der Waals surface area contributed by atoms with Crippen molar-refractivity contribution in [3.05, 3.63) is 89.0 Å². The van der Waals surface area contributed by atoms with E-state index in [9.17, 15) is 26.4 Å². The Morgan fingerprint density at radius 3 is 2.32 bits per heavy atom. The first-order chi connectivity index (χ1) is 17.7. The molecule has 4 rings (SSSR count). The standard InChI is InChI=1S/C28H29F3N2O4S/c1-18-8-11-22(12-9-18)38(35,36)33-17-25(37-24-13-10-20(15-23(24)33)27(2,3)4)26(34)32-16-19-6-5-7-21(14-19)28(29,30)31/h5-15,25H,16-17H2,1-4H3,(H,32,34)/t25-/m1/s1. The molecule has 0 aromatic heterocycles. The van der Waals surface area contributed by atoms with E-state index in [-0.39, 0.29) is 34.7 Å². The monoisotopic (exact) mass is 546 g/mol. The SMILES string of the molecule is Cc1ccc(S(=O)(=O)N2C[C@H](C(=O)NCc3cccc(C(F)(F)F)c3)Oc3ccc(C(C)(C)C)cc32)cc1. The third-order valence-corrected chi connectivity index (χ3v) is 8.11. The third-order valence-electron chi connectivity index (χ3n) is 6.32. The summed E-state index contributed by atoms with van der Waals surface area (Å²) in [7, 11) is -4.06. The number of nitrogens with one attached hydrogen (secondary N) is 1. The summed E-state index contributed by atoms with van der Waals surface area (Å²) in [5.74, 6) is -0.420. The Morgan fingerprint density at radius 1 is 1.00 bits per heavy atom. The number of sulfonamides is 1. The molecule has 1 N–H and O–H groups in total. The second-order valence-corrected chi connectivity index (χ2v) is 12.2. The van der Waals surface area contributed by atoms with Crippen LogP contribution in [0.25, 0.3) is 0 Å². The molecule has 38 heavy (non-hydrogen) atoms. The summed E-state index contributed by atoms with van der Waals surface area (Å²) >= 11 is 0. The Balaban J connectivity index is 1.64. The summed E-state index contributed by atoms with van der Waals surface area (Å²) in [5.41, 5.74) is 1.26. The fraction of sp³-hybridized carbons (Fsp3) is 0.321. The largest absolute Gasteiger partial charge is 0.476 e. The van der Waals surface area contributed by atoms with Crippen LogP contribution in [0.3, 0.4) is 0 Å². The van der Waals surface area contributed by atoms with Gasteiger partial charge in [-0.2, -0.15) is 13.2 Å². The number of hydrogen-bond donors (Lipinski definition) is 1. The number of ether oxygens (including phenoxy) is 1. The quantitative estimate of drug-likeness (QED) is 0.453. The molecule has 1 amide bonds. The van der Waals surface area contributed by atoms with Crippen LogP contribution in [0.2, 0.25) is 0 Å². The Labute approximate surface area is 220 Å². The van der Waals surface area contributed by atoms with Gasteiger partial charge in [-0.25, -0.2) is 8.42 Å². The average Bonchev–Trinajstić information content (AvgIpc) is 2.85. The molecule has 0 radical (unpaired) electrons. The highest BCUT2D eigenvalue weighted by molar-refractivity contribution is 7.92. The van der Waals surface area contributed by atoms with Gasteiger partial charge in [0.2, 0.25) is 0 Å². The molecule has 0 bridgehead atoms. The van der Waals surface area contributed by atoms with E-state index < -0.39 is 33.8 Å². The molecule has 1 aliphatic heterocycles. The van der Waals surface area contributed by atoms with Gasteiger partial charge in [0.25, 0.3) is 15.9 Å². The molecule has 0 spiro atoms. The topological polar surface area (TPSA) is 75.7 Å². The Morgan fingerprint density at radius 2 is 1.68 bits per heavy atom. The molecular formula is C28H29F3N2O4S. The number of rotatable bonds is 5. The number of hydrogen-bond acceptors (Lipinski definition) is 4. The molecule has 6 nitrogen and oxygen atoms in total. The molecule has 1 heterocycles. The summed E-state index contributed by atoms with van der Waals surface area (Å²) in [6.45, 7) is 7.37. The normalized spacial score (nSPS) is 16.0. The first kappa shape index (κ1) is 27.5. The van der Waals surface area contributed by atoms with E-state index >= 15 is 0 Å². The molecule has 3 aromatic rings. The van der Waals surface area contributed by atoms with Gasteiger partial charge in [0.05, 0.1) is 22.7 Å². The van der Waals surface area contributed by atoms with Crippen LogP contribution in [0, 0.1) is 6.92 Å². The van der Waals surface area contributed by atoms with Gasteiger partial charge in [0.15, 0.2) is 6.10 Å². The highest BCUT2D eigenvalue weighted by atomic mass is 32.2. The molecule has 0 saturated carbocycles. The zero-order valence-electron chi connectivity index (χ0n) is 21.5. The number of benzene rings is 3. The van der Waals surface area contributed by atoms with Gasteiger partial charge in [0, 0.05) is 6.54 Å². The Hall–Kier alpha value is -3.53. The summed E-state index contributed by atoms with van der Waals surface area (Å²) in [4.78, 5) is 13.1. The van der Waals surface area contributed by atoms with Crippen LogP contribution in [0.1, 0.15) is 43.0 Å². The minimum atomic E-state index is -4.51. The molecule has 0 fully saturated rings. The molecule has 1 aliphatic rings. The lowest BCUT2D eigenvalue weighted by atomic mass is 9.86. The summed E-state index contributed by atoms with van der Waals surface area (Å²) < 4.78 is 73.7. The zero-order chi connectivity index (χ0) is 27.9. The van der Waals surface area contributed by atoms with Crippen molar-refractivity contribution in [2.24, 2.45) is 0 Å². The first-order valence-electron chi connectivity index (χ1n) is 12.0. The van der Waals surface area contributed by atoms with Crippen molar-refractivity contribution in [3.8, 4) is 5.75 Å². The molecule has 0 aliphatic carbocycles. The van der Waals surface area contributed by atoms with E-state index in [1.54, 1.807) is 24.3 Å². The molecule has 0 saturated heterocycles. The van der Waals surface area contributed by atoms with E-state index in [1.165, 1.54) is 28.6 Å². The molecule has 3 aromatic carbocycles. The van der Waals surface area contributed by atoms with Gasteiger partial charge >= 0.3 is 6.18 Å². The minimum absolute atomic E-state index is 0.0697. The van der Waals surface area contributed by atoms with Crippen LogP contribution in [-0.4, -0.2) is 27.0 Å². The lowest BCUT2D eigenvalue weighted by Gasteiger charge is -2.36. The van der Waals surface area contributed by atoms with Crippen LogP contribution in [0.15, 0.2) is 71.6 Å². The second-order valence-electron chi connectivity index (χ2n) is 10.3. The summed E-state index contributed by atoms with van der Waals surface area (Å²) in [6.07, 6.45) is -5.72. The average molecular weight is 547 g/mol. The lowest BCUT2D eigenvalue weighted by molar-refractivity contribution is -0.137. The number of fused-ring (bicyclic) bond motifs is 1. The predicted molar refractivity (Wildman–Crippen MR) is 139 cm³/mol. The van der Waals surface area contributed by atoms with E-state index in [0.717, 1.165) is 23.3 Å². The van der Waals surface area contributed by atoms with Gasteiger partial charge in [-0.15, -0.1) is 0 Å². The van der Waals surface area contributed by atoms with Gasteiger partial charge < -0.3 is 10.1 Å². The first-order valence-corrected chi connectivity index (χ1v) is 13.4. The number of carbonyl (C=O) groups excluding carboxylic acids is 1. The number of carbonyl (C=O) groups is 1. The Kier molecular flexibility index (Phi) is 7.22. The maximum atomic E-state index is 13.7. The van der Waals surface area contributed by atoms with Crippen LogP contribution in [0.4, 0.5) is 18.9 Å². The fourth-order valence-electron chi connectivity index (χ4n) is 4.08.